The van der Waals surface area contributed by atoms with E-state index in [0.717, 1.165) is 5.69 Å². The minimum atomic E-state index is -1.44. The van der Waals surface area contributed by atoms with E-state index in [2.05, 4.69) is 10.3 Å². The topological polar surface area (TPSA) is 99.5 Å². The van der Waals surface area contributed by atoms with Gasteiger partial charge in [-0.2, -0.15) is 0 Å². The monoisotopic (exact) mass is 266 g/mol. The maximum absolute atomic E-state index is 11.6. The summed E-state index contributed by atoms with van der Waals surface area (Å²) in [6, 6.07) is 5.47. The van der Waals surface area contributed by atoms with E-state index >= 15 is 0 Å². The number of aromatic nitrogens is 1. The van der Waals surface area contributed by atoms with Crippen molar-refractivity contribution in [1.29, 1.82) is 0 Å². The number of aryl methyl sites for hydroxylation is 1. The summed E-state index contributed by atoms with van der Waals surface area (Å²) in [6.45, 7) is 1.29. The lowest BCUT2D eigenvalue weighted by Gasteiger charge is -2.21. The number of hydrogen-bond acceptors (Lipinski definition) is 4. The molecule has 6 nitrogen and oxygen atoms in total. The van der Waals surface area contributed by atoms with Gasteiger partial charge in [-0.05, 0) is 25.5 Å². The second-order valence-corrected chi connectivity index (χ2v) is 4.67. The fraction of sp³-hybridized carbons (Fsp3) is 0.462. The molecule has 0 aromatic carbocycles. The van der Waals surface area contributed by atoms with Crippen molar-refractivity contribution in [3.8, 4) is 0 Å². The van der Waals surface area contributed by atoms with Gasteiger partial charge in [0.1, 0.15) is 0 Å². The molecule has 0 aliphatic rings. The van der Waals surface area contributed by atoms with Gasteiger partial charge in [0.2, 0.25) is 5.91 Å². The van der Waals surface area contributed by atoms with Crippen LogP contribution in [0, 0.1) is 0 Å². The molecular formula is C13H18N2O4. The van der Waals surface area contributed by atoms with Crippen LogP contribution in [-0.2, 0) is 16.0 Å². The molecule has 0 aliphatic carbocycles. The number of nitrogens with one attached hydrogen (secondary N) is 1. The number of carboxylic acid groups (broad SMARTS) is 1. The summed E-state index contributed by atoms with van der Waals surface area (Å²) in [5, 5.41) is 20.8. The van der Waals surface area contributed by atoms with Crippen molar-refractivity contribution >= 4 is 11.9 Å². The Morgan fingerprint density at radius 2 is 2.16 bits per heavy atom. The van der Waals surface area contributed by atoms with Crippen LogP contribution in [-0.4, -0.2) is 39.2 Å². The summed E-state index contributed by atoms with van der Waals surface area (Å²) in [5.41, 5.74) is -0.623. The average Bonchev–Trinajstić information content (AvgIpc) is 2.34. The molecule has 1 unspecified atom stereocenters. The van der Waals surface area contributed by atoms with Crippen LogP contribution < -0.4 is 5.32 Å². The van der Waals surface area contributed by atoms with E-state index in [-0.39, 0.29) is 18.9 Å². The standard InChI is InChI=1S/C13H18N2O4/c1-13(19,8-12(17)18)9-15-11(16)6-5-10-4-2-3-7-14-10/h2-4,7,19H,5-6,8-9H2,1H3,(H,15,16)(H,17,18). The second-order valence-electron chi connectivity index (χ2n) is 4.67. The van der Waals surface area contributed by atoms with Crippen LogP contribution in [0.4, 0.5) is 0 Å². The van der Waals surface area contributed by atoms with Gasteiger partial charge in [-0.25, -0.2) is 0 Å². The van der Waals surface area contributed by atoms with Crippen molar-refractivity contribution in [2.24, 2.45) is 0 Å². The van der Waals surface area contributed by atoms with Crippen molar-refractivity contribution in [1.82, 2.24) is 10.3 Å². The van der Waals surface area contributed by atoms with E-state index < -0.39 is 18.0 Å². The Kier molecular flexibility index (Phi) is 5.44. The number of carboxylic acids is 1. The SMILES string of the molecule is CC(O)(CNC(=O)CCc1ccccn1)CC(=O)O. The van der Waals surface area contributed by atoms with E-state index in [4.69, 9.17) is 5.11 Å². The molecule has 1 atom stereocenters. The highest BCUT2D eigenvalue weighted by Crippen LogP contribution is 2.07. The largest absolute Gasteiger partial charge is 0.481 e. The first-order chi connectivity index (χ1) is 8.89. The zero-order valence-corrected chi connectivity index (χ0v) is 10.8. The van der Waals surface area contributed by atoms with Crippen molar-refractivity contribution in [2.45, 2.75) is 31.8 Å². The summed E-state index contributed by atoms with van der Waals surface area (Å²) < 4.78 is 0. The second kappa shape index (κ2) is 6.84. The Morgan fingerprint density at radius 1 is 1.42 bits per heavy atom. The number of carbonyl (C=O) groups is 2. The number of aliphatic carboxylic acids is 1. The molecule has 104 valence electrons. The first-order valence-corrected chi connectivity index (χ1v) is 6.00. The fourth-order valence-corrected chi connectivity index (χ4v) is 1.55. The zero-order chi connectivity index (χ0) is 14.3. The molecule has 3 N–H and O–H groups in total. The minimum Gasteiger partial charge on any atom is -0.481 e. The molecule has 0 radical (unpaired) electrons. The van der Waals surface area contributed by atoms with E-state index in [0.29, 0.717) is 6.42 Å². The lowest BCUT2D eigenvalue weighted by atomic mass is 10.0. The molecule has 1 aromatic rings. The van der Waals surface area contributed by atoms with E-state index in [1.165, 1.54) is 6.92 Å². The van der Waals surface area contributed by atoms with Gasteiger partial charge < -0.3 is 15.5 Å². The van der Waals surface area contributed by atoms with Gasteiger partial charge in [0.15, 0.2) is 0 Å². The van der Waals surface area contributed by atoms with Crippen LogP contribution in [0.1, 0.15) is 25.5 Å². The Balaban J connectivity index is 2.30. The Morgan fingerprint density at radius 3 is 2.74 bits per heavy atom. The zero-order valence-electron chi connectivity index (χ0n) is 10.8. The van der Waals surface area contributed by atoms with Gasteiger partial charge in [-0.1, -0.05) is 6.07 Å². The van der Waals surface area contributed by atoms with Crippen molar-refractivity contribution in [2.75, 3.05) is 6.54 Å². The summed E-state index contributed by atoms with van der Waals surface area (Å²) in [7, 11) is 0. The average molecular weight is 266 g/mol. The number of amides is 1. The molecule has 0 saturated carbocycles. The molecule has 19 heavy (non-hydrogen) atoms. The third kappa shape index (κ3) is 6.52. The summed E-state index contributed by atoms with van der Waals surface area (Å²) in [6.07, 6.45) is 2.01. The lowest BCUT2D eigenvalue weighted by Crippen LogP contribution is -2.42. The predicted octanol–water partition coefficient (Wildman–Crippen LogP) is 0.356. The first kappa shape index (κ1) is 15.1. The third-order valence-electron chi connectivity index (χ3n) is 2.53. The normalized spacial score (nSPS) is 13.6. The molecule has 1 rings (SSSR count). The first-order valence-electron chi connectivity index (χ1n) is 6.00. The van der Waals surface area contributed by atoms with Gasteiger partial charge in [-0.3, -0.25) is 14.6 Å². The summed E-state index contributed by atoms with van der Waals surface area (Å²) in [5.74, 6) is -1.34. The maximum atomic E-state index is 11.6. The molecule has 1 heterocycles. The van der Waals surface area contributed by atoms with E-state index in [1.54, 1.807) is 12.3 Å². The molecule has 0 spiro atoms. The Bertz CT molecular complexity index is 432. The van der Waals surface area contributed by atoms with Crippen LogP contribution in [0.2, 0.25) is 0 Å². The smallest absolute Gasteiger partial charge is 0.306 e. The number of pyridine rings is 1. The number of hydrogen-bond donors (Lipinski definition) is 3. The Hall–Kier alpha value is -1.95. The summed E-state index contributed by atoms with van der Waals surface area (Å²) in [4.78, 5) is 26.1. The van der Waals surface area contributed by atoms with Gasteiger partial charge in [0.25, 0.3) is 0 Å². The van der Waals surface area contributed by atoms with E-state index in [1.807, 2.05) is 12.1 Å². The van der Waals surface area contributed by atoms with Crippen molar-refractivity contribution < 1.29 is 19.8 Å². The molecule has 0 fully saturated rings. The molecule has 1 aromatic heterocycles. The minimum absolute atomic E-state index is 0.0830. The predicted molar refractivity (Wildman–Crippen MR) is 68.4 cm³/mol. The molecule has 0 bridgehead atoms. The molecule has 1 amide bonds. The van der Waals surface area contributed by atoms with Crippen LogP contribution in [0.25, 0.3) is 0 Å². The highest BCUT2D eigenvalue weighted by atomic mass is 16.4. The maximum Gasteiger partial charge on any atom is 0.306 e. The van der Waals surface area contributed by atoms with Gasteiger partial charge in [0, 0.05) is 24.9 Å². The van der Waals surface area contributed by atoms with Crippen LogP contribution in [0.3, 0.4) is 0 Å². The molecular weight excluding hydrogens is 248 g/mol. The van der Waals surface area contributed by atoms with Crippen molar-refractivity contribution in [3.63, 3.8) is 0 Å². The third-order valence-corrected chi connectivity index (χ3v) is 2.53. The van der Waals surface area contributed by atoms with E-state index in [9.17, 15) is 14.7 Å². The summed E-state index contributed by atoms with van der Waals surface area (Å²) >= 11 is 0. The number of nitrogens with zero attached hydrogens (tertiary/aromatic N) is 1. The van der Waals surface area contributed by atoms with Crippen molar-refractivity contribution in [3.05, 3.63) is 30.1 Å². The van der Waals surface area contributed by atoms with Gasteiger partial charge in [-0.15, -0.1) is 0 Å². The Labute approximate surface area is 111 Å². The van der Waals surface area contributed by atoms with Crippen LogP contribution in [0.5, 0.6) is 0 Å². The lowest BCUT2D eigenvalue weighted by molar-refractivity contribution is -0.142. The van der Waals surface area contributed by atoms with Gasteiger partial charge >= 0.3 is 5.97 Å². The molecule has 0 saturated heterocycles. The number of aliphatic hydroxyl groups is 1. The highest BCUT2D eigenvalue weighted by Gasteiger charge is 2.24. The van der Waals surface area contributed by atoms with Gasteiger partial charge in [0.05, 0.1) is 12.0 Å². The van der Waals surface area contributed by atoms with Crippen LogP contribution in [0.15, 0.2) is 24.4 Å². The number of carbonyl (C=O) groups excluding carboxylic acids is 1. The highest BCUT2D eigenvalue weighted by molar-refractivity contribution is 5.76. The molecule has 6 heteroatoms. The fourth-order valence-electron chi connectivity index (χ4n) is 1.55. The number of rotatable bonds is 7. The quantitative estimate of drug-likeness (QED) is 0.661. The molecule has 0 aliphatic heterocycles. The van der Waals surface area contributed by atoms with Crippen LogP contribution >= 0.6 is 0 Å².